The molecule has 164 valence electrons. The van der Waals surface area contributed by atoms with Gasteiger partial charge in [-0.15, -0.1) is 10.2 Å². The van der Waals surface area contributed by atoms with E-state index in [1.54, 1.807) is 17.7 Å². The molecule has 2 aromatic carbocycles. The molecule has 2 aliphatic heterocycles. The summed E-state index contributed by atoms with van der Waals surface area (Å²) in [7, 11) is 3.06. The topological polar surface area (TPSA) is 74.6 Å². The highest BCUT2D eigenvalue weighted by Gasteiger charge is 2.54. The first-order valence-corrected chi connectivity index (χ1v) is 10.4. The van der Waals surface area contributed by atoms with Gasteiger partial charge in [-0.1, -0.05) is 47.5 Å². The third-order valence-electron chi connectivity index (χ3n) is 6.01. The number of carbonyl (C=O) groups excluding carboxylic acids is 2. The molecule has 0 radical (unpaired) electrons. The Labute approximate surface area is 188 Å². The zero-order valence-corrected chi connectivity index (χ0v) is 18.4. The molecule has 2 aliphatic rings. The van der Waals surface area contributed by atoms with Gasteiger partial charge in [0, 0.05) is 20.6 Å². The van der Waals surface area contributed by atoms with Crippen molar-refractivity contribution in [1.82, 2.24) is 24.6 Å². The second-order valence-corrected chi connectivity index (χ2v) is 8.46. The number of benzene rings is 2. The van der Waals surface area contributed by atoms with Gasteiger partial charge in [0.25, 0.3) is 5.91 Å². The summed E-state index contributed by atoms with van der Waals surface area (Å²) in [6, 6.07) is 11.1. The number of carbonyl (C=O) groups is 2. The number of imide groups is 1. The molecule has 1 fully saturated rings. The Morgan fingerprint density at radius 1 is 1.09 bits per heavy atom. The molecule has 3 aromatic rings. The van der Waals surface area contributed by atoms with E-state index >= 15 is 0 Å². The van der Waals surface area contributed by atoms with Crippen molar-refractivity contribution in [2.24, 2.45) is 0 Å². The standard InChI is InChI=1S/C22H20ClFN6O2/c1-12-6-4-7-13(10-12)11-29-17-19(27(2)22(32)28(3)20(17)31)30-18(25-26-21(29)30)16-14(23)8-5-9-15(16)24/h4-10,17,19H,11H2,1-3H3. The predicted molar refractivity (Wildman–Crippen MR) is 117 cm³/mol. The maximum atomic E-state index is 14.8. The minimum Gasteiger partial charge on any atom is -0.321 e. The highest BCUT2D eigenvalue weighted by atomic mass is 35.5. The van der Waals surface area contributed by atoms with E-state index in [1.807, 2.05) is 36.1 Å². The average molecular weight is 455 g/mol. The smallest absolute Gasteiger partial charge is 0.321 e. The highest BCUT2D eigenvalue weighted by molar-refractivity contribution is 6.33. The van der Waals surface area contributed by atoms with Crippen LogP contribution < -0.4 is 4.90 Å². The van der Waals surface area contributed by atoms with Crippen molar-refractivity contribution in [2.75, 3.05) is 19.0 Å². The quantitative estimate of drug-likeness (QED) is 0.606. The van der Waals surface area contributed by atoms with E-state index in [9.17, 15) is 14.0 Å². The summed E-state index contributed by atoms with van der Waals surface area (Å²) in [6.45, 7) is 2.36. The molecule has 2 unspecified atom stereocenters. The zero-order valence-electron chi connectivity index (χ0n) is 17.7. The molecule has 5 rings (SSSR count). The number of hydrogen-bond acceptors (Lipinski definition) is 5. The number of likely N-dealkylation sites (N-methyl/N-ethyl adjacent to an activating group) is 2. The summed E-state index contributed by atoms with van der Waals surface area (Å²) in [4.78, 5) is 30.4. The number of urea groups is 1. The first kappa shape index (κ1) is 20.4. The largest absolute Gasteiger partial charge is 0.327 e. The Morgan fingerprint density at radius 3 is 2.56 bits per heavy atom. The van der Waals surface area contributed by atoms with Crippen LogP contribution in [0.3, 0.4) is 0 Å². The Balaban J connectivity index is 1.70. The molecule has 1 aromatic heterocycles. The van der Waals surface area contributed by atoms with E-state index in [2.05, 4.69) is 10.2 Å². The third-order valence-corrected chi connectivity index (χ3v) is 6.32. The fraction of sp³-hybridized carbons (Fsp3) is 0.273. The molecule has 32 heavy (non-hydrogen) atoms. The molecule has 1 saturated heterocycles. The number of halogens is 2. The molecule has 0 saturated carbocycles. The van der Waals surface area contributed by atoms with Gasteiger partial charge in [0.2, 0.25) is 5.95 Å². The van der Waals surface area contributed by atoms with Crippen molar-refractivity contribution in [1.29, 1.82) is 0 Å². The predicted octanol–water partition coefficient (Wildman–Crippen LogP) is 3.46. The van der Waals surface area contributed by atoms with Crippen molar-refractivity contribution in [3.05, 3.63) is 64.4 Å². The SMILES string of the molecule is Cc1cccc(CN2c3nnc(-c4c(F)cccc4Cl)n3C3C2C(=O)N(C)C(=O)N3C)c1. The van der Waals surface area contributed by atoms with Crippen LogP contribution in [-0.2, 0) is 11.3 Å². The van der Waals surface area contributed by atoms with Crippen LogP contribution in [0.2, 0.25) is 5.02 Å². The molecule has 0 bridgehead atoms. The van der Waals surface area contributed by atoms with Crippen molar-refractivity contribution >= 4 is 29.5 Å². The van der Waals surface area contributed by atoms with Crippen LogP contribution in [-0.4, -0.2) is 56.6 Å². The number of amides is 3. The second-order valence-electron chi connectivity index (χ2n) is 8.06. The van der Waals surface area contributed by atoms with Crippen molar-refractivity contribution in [3.8, 4) is 11.4 Å². The summed E-state index contributed by atoms with van der Waals surface area (Å²) in [6.07, 6.45) is -0.744. The molecule has 0 N–H and O–H groups in total. The molecule has 2 atom stereocenters. The molecule has 10 heteroatoms. The fourth-order valence-corrected chi connectivity index (χ4v) is 4.74. The van der Waals surface area contributed by atoms with Gasteiger partial charge in [0.05, 0.1) is 10.6 Å². The van der Waals surface area contributed by atoms with Gasteiger partial charge in [0.15, 0.2) is 11.9 Å². The Hall–Kier alpha value is -3.46. The Kier molecular flexibility index (Phi) is 4.67. The van der Waals surface area contributed by atoms with Gasteiger partial charge in [-0.05, 0) is 24.6 Å². The molecular weight excluding hydrogens is 435 g/mol. The number of aromatic nitrogens is 3. The van der Waals surface area contributed by atoms with E-state index < -0.39 is 24.1 Å². The summed E-state index contributed by atoms with van der Waals surface area (Å²) >= 11 is 6.31. The second kappa shape index (κ2) is 7.30. The van der Waals surface area contributed by atoms with Crippen LogP contribution in [0, 0.1) is 12.7 Å². The van der Waals surface area contributed by atoms with Gasteiger partial charge in [-0.2, -0.15) is 0 Å². The number of anilines is 1. The lowest BCUT2D eigenvalue weighted by Gasteiger charge is -2.40. The van der Waals surface area contributed by atoms with E-state index in [-0.39, 0.29) is 22.3 Å². The van der Waals surface area contributed by atoms with Crippen LogP contribution in [0.15, 0.2) is 42.5 Å². The van der Waals surface area contributed by atoms with Gasteiger partial charge in [0.1, 0.15) is 12.0 Å². The molecule has 8 nitrogen and oxygen atoms in total. The molecule has 0 aliphatic carbocycles. The summed E-state index contributed by atoms with van der Waals surface area (Å²) < 4.78 is 16.4. The molecule has 3 heterocycles. The summed E-state index contributed by atoms with van der Waals surface area (Å²) in [5.74, 6) is -0.377. The Bertz CT molecular complexity index is 1240. The summed E-state index contributed by atoms with van der Waals surface area (Å²) in [5, 5.41) is 8.69. The van der Waals surface area contributed by atoms with Crippen LogP contribution in [0.5, 0.6) is 0 Å². The first-order chi connectivity index (χ1) is 15.3. The first-order valence-electron chi connectivity index (χ1n) is 10.1. The Morgan fingerprint density at radius 2 is 1.84 bits per heavy atom. The van der Waals surface area contributed by atoms with Crippen molar-refractivity contribution in [2.45, 2.75) is 25.7 Å². The number of aryl methyl sites for hydroxylation is 1. The van der Waals surface area contributed by atoms with Crippen LogP contribution in [0.4, 0.5) is 15.1 Å². The van der Waals surface area contributed by atoms with Gasteiger partial charge < -0.3 is 9.80 Å². The fourth-order valence-electron chi connectivity index (χ4n) is 4.50. The number of fused-ring (bicyclic) bond motifs is 3. The normalized spacial score (nSPS) is 20.1. The van der Waals surface area contributed by atoms with Crippen LogP contribution in [0.1, 0.15) is 17.3 Å². The number of nitrogens with zero attached hydrogens (tertiary/aromatic N) is 6. The van der Waals surface area contributed by atoms with Crippen molar-refractivity contribution in [3.63, 3.8) is 0 Å². The van der Waals surface area contributed by atoms with E-state index in [4.69, 9.17) is 11.6 Å². The lowest BCUT2D eigenvalue weighted by Crippen LogP contribution is -2.61. The minimum atomic E-state index is -0.744. The van der Waals surface area contributed by atoms with Gasteiger partial charge in [-0.25, -0.2) is 9.18 Å². The highest BCUT2D eigenvalue weighted by Crippen LogP contribution is 2.44. The van der Waals surface area contributed by atoms with Gasteiger partial charge in [-0.3, -0.25) is 14.3 Å². The maximum absolute atomic E-state index is 14.8. The van der Waals surface area contributed by atoms with Crippen molar-refractivity contribution < 1.29 is 14.0 Å². The summed E-state index contributed by atoms with van der Waals surface area (Å²) in [5.41, 5.74) is 2.13. The van der Waals surface area contributed by atoms with E-state index in [0.717, 1.165) is 16.0 Å². The van der Waals surface area contributed by atoms with Crippen LogP contribution in [0.25, 0.3) is 11.4 Å². The minimum absolute atomic E-state index is 0.0799. The van der Waals surface area contributed by atoms with E-state index in [0.29, 0.717) is 12.5 Å². The van der Waals surface area contributed by atoms with Gasteiger partial charge >= 0.3 is 6.03 Å². The lowest BCUT2D eigenvalue weighted by molar-refractivity contribution is -0.133. The monoisotopic (exact) mass is 454 g/mol. The molecular formula is C22H20ClFN6O2. The molecule has 3 amide bonds. The number of hydrogen-bond donors (Lipinski definition) is 0. The van der Waals surface area contributed by atoms with E-state index in [1.165, 1.54) is 24.1 Å². The zero-order chi connectivity index (χ0) is 22.7. The average Bonchev–Trinajstić information content (AvgIpc) is 3.30. The molecule has 0 spiro atoms. The van der Waals surface area contributed by atoms with Crippen LogP contribution >= 0.6 is 11.6 Å². The lowest BCUT2D eigenvalue weighted by atomic mass is 10.1. The number of rotatable bonds is 3. The third kappa shape index (κ3) is 2.88. The maximum Gasteiger partial charge on any atom is 0.327 e.